The van der Waals surface area contributed by atoms with Crippen LogP contribution >= 0.6 is 23.2 Å². The van der Waals surface area contributed by atoms with Gasteiger partial charge in [-0.2, -0.15) is 0 Å². The number of nitrogens with one attached hydrogen (secondary N) is 4. The van der Waals surface area contributed by atoms with Crippen molar-refractivity contribution in [2.45, 2.75) is 57.8 Å². The number of carbonyl (C=O) groups is 3. The molecule has 2 atom stereocenters. The van der Waals surface area contributed by atoms with Crippen LogP contribution in [-0.4, -0.2) is 112 Å². The summed E-state index contributed by atoms with van der Waals surface area (Å²) < 4.78 is 28.8. The number of rotatable bonds is 14. The quantitative estimate of drug-likeness (QED) is 0.0670. The number of terminal acetylenes is 1. The highest BCUT2D eigenvalue weighted by Crippen LogP contribution is 2.30. The second kappa shape index (κ2) is 21.3. The lowest BCUT2D eigenvalue weighted by Gasteiger charge is -2.33. The molecule has 0 bridgehead atoms. The minimum atomic E-state index is -0.901. The van der Waals surface area contributed by atoms with Crippen LogP contribution in [0.5, 0.6) is 0 Å². The lowest BCUT2D eigenvalue weighted by atomic mass is 9.97. The number of aromatic nitrogens is 8. The van der Waals surface area contributed by atoms with Crippen LogP contribution in [0.4, 0.5) is 20.4 Å². The molecule has 5 N–H and O–H groups in total. The maximum Gasteiger partial charge on any atom is 0.303 e. The fourth-order valence-corrected chi connectivity index (χ4v) is 8.17. The van der Waals surface area contributed by atoms with E-state index in [0.717, 1.165) is 55.4 Å². The average molecular weight is 916 g/mol. The van der Waals surface area contributed by atoms with E-state index in [1.165, 1.54) is 6.20 Å². The fourth-order valence-electron chi connectivity index (χ4n) is 7.85. The molecule has 8 rings (SSSR count). The third-order valence-electron chi connectivity index (χ3n) is 11.1. The summed E-state index contributed by atoms with van der Waals surface area (Å²) in [5.41, 5.74) is 2.64. The summed E-state index contributed by atoms with van der Waals surface area (Å²) in [6.07, 6.45) is 19.0. The lowest BCUT2D eigenvalue weighted by molar-refractivity contribution is -0.137. The van der Waals surface area contributed by atoms with Gasteiger partial charge in [0.2, 0.25) is 11.8 Å². The number of amides is 2. The van der Waals surface area contributed by atoms with Gasteiger partial charge in [-0.3, -0.25) is 14.4 Å². The molecular formula is C44H46Cl2F2N12O4. The first-order valence-electron chi connectivity index (χ1n) is 20.9. The van der Waals surface area contributed by atoms with E-state index >= 15 is 0 Å². The van der Waals surface area contributed by atoms with E-state index in [4.69, 9.17) is 34.7 Å². The highest BCUT2D eigenvalue weighted by molar-refractivity contribution is 6.31. The number of pyridine rings is 2. The molecule has 20 heteroatoms. The smallest absolute Gasteiger partial charge is 0.303 e. The van der Waals surface area contributed by atoms with Crippen LogP contribution in [0.2, 0.25) is 10.0 Å². The largest absolute Gasteiger partial charge is 0.481 e. The topological polar surface area (TPSA) is 211 Å². The van der Waals surface area contributed by atoms with E-state index in [2.05, 4.69) is 56.4 Å². The molecule has 0 aliphatic carbocycles. The Bertz CT molecular complexity index is 2670. The zero-order valence-electron chi connectivity index (χ0n) is 34.7. The zero-order valence-corrected chi connectivity index (χ0v) is 36.2. The number of aromatic amines is 2. The zero-order chi connectivity index (χ0) is 45.2. The summed E-state index contributed by atoms with van der Waals surface area (Å²) in [6, 6.07) is 3.52. The monoisotopic (exact) mass is 914 g/mol. The molecule has 16 nitrogen and oxygen atoms in total. The van der Waals surface area contributed by atoms with Gasteiger partial charge in [0.25, 0.3) is 0 Å². The van der Waals surface area contributed by atoms with E-state index in [-0.39, 0.29) is 48.1 Å². The molecule has 2 aliphatic rings. The van der Waals surface area contributed by atoms with Crippen LogP contribution < -0.4 is 10.6 Å². The molecule has 2 amide bonds. The van der Waals surface area contributed by atoms with Gasteiger partial charge >= 0.3 is 5.97 Å². The molecule has 2 aliphatic heterocycles. The van der Waals surface area contributed by atoms with Crippen LogP contribution in [0.15, 0.2) is 49.3 Å². The molecule has 0 spiro atoms. The Morgan fingerprint density at radius 3 is 1.70 bits per heavy atom. The van der Waals surface area contributed by atoms with Gasteiger partial charge in [0, 0.05) is 112 Å². The highest BCUT2D eigenvalue weighted by atomic mass is 35.5. The Kier molecular flexibility index (Phi) is 15.2. The first kappa shape index (κ1) is 45.6. The molecule has 64 heavy (non-hydrogen) atoms. The van der Waals surface area contributed by atoms with Crippen molar-refractivity contribution in [2.24, 2.45) is 11.8 Å². The number of hydrogen-bond donors (Lipinski definition) is 5. The number of fused-ring (bicyclic) bond motifs is 2. The number of carboxylic acids is 1. The van der Waals surface area contributed by atoms with Crippen LogP contribution in [0, 0.1) is 35.8 Å². The van der Waals surface area contributed by atoms with Gasteiger partial charge in [-0.25, -0.2) is 38.7 Å². The van der Waals surface area contributed by atoms with Crippen molar-refractivity contribution < 1.29 is 28.3 Å². The minimum Gasteiger partial charge on any atom is -0.481 e. The number of carboxylic acid groups (broad SMARTS) is 1. The molecule has 6 aromatic rings. The summed E-state index contributed by atoms with van der Waals surface area (Å²) in [5, 5.41) is 17.4. The van der Waals surface area contributed by atoms with E-state index < -0.39 is 17.6 Å². The second-order valence-corrected chi connectivity index (χ2v) is 16.6. The standard InChI is InChI=1S/C22H24ClFN6O3.C22H22ClFN6O/c23-14-7-15-16(10-27-20(15)26-9-14)21-28-11-17(24)22(29-21)25-8-13-3-2-6-30(12-13)18(31)4-1-5-19(32)33;1-2-3-6-19(31)30-7-4-5-14(13-30)9-25-22-18(24)12-28-21(29-22)17-11-27-20-16(17)8-15(23)10-26-20/h7,9-11,13H,1-6,8,12H2,(H,26,27)(H,32,33)(H,25,28,29);1,8,10-12,14H,3-7,9,13H2,(H,26,27)(H,25,28,29). The molecule has 2 unspecified atom stereocenters. The van der Waals surface area contributed by atoms with Crippen LogP contribution in [0.1, 0.15) is 57.8 Å². The summed E-state index contributed by atoms with van der Waals surface area (Å²) in [4.78, 5) is 70.4. The molecule has 0 radical (unpaired) electrons. The Morgan fingerprint density at radius 2 is 1.23 bits per heavy atom. The van der Waals surface area contributed by atoms with Crippen LogP contribution in [0.3, 0.4) is 0 Å². The third kappa shape index (κ3) is 11.6. The van der Waals surface area contributed by atoms with Gasteiger partial charge in [-0.15, -0.1) is 12.3 Å². The van der Waals surface area contributed by atoms with Crippen molar-refractivity contribution in [3.63, 3.8) is 0 Å². The number of likely N-dealkylation sites (tertiary alicyclic amines) is 2. The van der Waals surface area contributed by atoms with Crippen LogP contribution in [-0.2, 0) is 14.4 Å². The maximum atomic E-state index is 14.4. The van der Waals surface area contributed by atoms with Gasteiger partial charge in [0.1, 0.15) is 11.3 Å². The van der Waals surface area contributed by atoms with Crippen molar-refractivity contribution in [1.82, 2.24) is 49.7 Å². The van der Waals surface area contributed by atoms with E-state index in [1.54, 1.807) is 35.6 Å². The molecule has 2 fully saturated rings. The SMILES string of the molecule is C#CCCC(=O)N1CCCC(CNc2nc(-c3c[nH]c4ncc(Cl)cc34)ncc2F)C1.O=C(O)CCCC(=O)N1CCCC(CNc2nc(-c3c[nH]c4ncc(Cl)cc34)ncc2F)C1. The summed E-state index contributed by atoms with van der Waals surface area (Å²) >= 11 is 12.1. The number of halogens is 4. The van der Waals surface area contributed by atoms with Gasteiger partial charge < -0.3 is 35.5 Å². The van der Waals surface area contributed by atoms with Crippen LogP contribution in [0.25, 0.3) is 44.8 Å². The Balaban J connectivity index is 0.000000192. The van der Waals surface area contributed by atoms with Crippen molar-refractivity contribution in [1.29, 1.82) is 0 Å². The maximum absolute atomic E-state index is 14.4. The number of aliphatic carboxylic acids is 1. The summed E-state index contributed by atoms with van der Waals surface area (Å²) in [6.45, 7) is 3.53. The van der Waals surface area contributed by atoms with Crippen molar-refractivity contribution in [3.8, 4) is 35.1 Å². The molecule has 0 saturated carbocycles. The first-order valence-corrected chi connectivity index (χ1v) is 21.7. The second-order valence-electron chi connectivity index (χ2n) is 15.7. The first-order chi connectivity index (χ1) is 30.9. The predicted octanol–water partition coefficient (Wildman–Crippen LogP) is 7.59. The fraction of sp³-hybridized carbons (Fsp3) is 0.386. The number of H-pyrrole nitrogens is 2. The Labute approximate surface area is 377 Å². The number of nitrogens with zero attached hydrogens (tertiary/aromatic N) is 8. The molecule has 334 valence electrons. The van der Waals surface area contributed by atoms with E-state index in [0.29, 0.717) is 96.1 Å². The number of hydrogen-bond acceptors (Lipinski definition) is 11. The molecule has 6 aromatic heterocycles. The number of piperidine rings is 2. The van der Waals surface area contributed by atoms with Gasteiger partial charge in [-0.05, 0) is 56.1 Å². The average Bonchev–Trinajstić information content (AvgIpc) is 3.92. The van der Waals surface area contributed by atoms with Gasteiger partial charge in [-0.1, -0.05) is 23.2 Å². The predicted molar refractivity (Wildman–Crippen MR) is 239 cm³/mol. The highest BCUT2D eigenvalue weighted by Gasteiger charge is 2.26. The van der Waals surface area contributed by atoms with Crippen molar-refractivity contribution >= 4 is 74.7 Å². The molecule has 2 saturated heterocycles. The Morgan fingerprint density at radius 1 is 0.750 bits per heavy atom. The van der Waals surface area contributed by atoms with Crippen molar-refractivity contribution in [3.05, 3.63) is 71.0 Å². The summed E-state index contributed by atoms with van der Waals surface area (Å²) in [5.74, 6) is 1.82. The third-order valence-corrected chi connectivity index (χ3v) is 11.5. The molecular weight excluding hydrogens is 869 g/mol. The van der Waals surface area contributed by atoms with E-state index in [9.17, 15) is 23.2 Å². The normalized spacial score (nSPS) is 16.2. The number of anilines is 2. The number of carbonyl (C=O) groups excluding carboxylic acids is 2. The van der Waals surface area contributed by atoms with Gasteiger partial charge in [0.05, 0.1) is 22.4 Å². The van der Waals surface area contributed by atoms with E-state index in [1.807, 2.05) is 4.90 Å². The van der Waals surface area contributed by atoms with Crippen molar-refractivity contribution in [2.75, 3.05) is 49.9 Å². The summed E-state index contributed by atoms with van der Waals surface area (Å²) in [7, 11) is 0. The molecule has 0 aromatic carbocycles. The lowest BCUT2D eigenvalue weighted by Crippen LogP contribution is -2.41. The Hall–Kier alpha value is -6.45. The molecule has 8 heterocycles. The minimum absolute atomic E-state index is 0.0153. The van der Waals surface area contributed by atoms with Gasteiger partial charge in [0.15, 0.2) is 34.9 Å².